The van der Waals surface area contributed by atoms with Gasteiger partial charge in [-0.2, -0.15) is 5.26 Å². The zero-order valence-corrected chi connectivity index (χ0v) is 17.0. The Hall–Kier alpha value is -3.45. The maximum atomic E-state index is 8.76. The highest BCUT2D eigenvalue weighted by Gasteiger charge is 2.04. The number of rotatable bonds is 6. The van der Waals surface area contributed by atoms with Gasteiger partial charge in [0.2, 0.25) is 0 Å². The van der Waals surface area contributed by atoms with Gasteiger partial charge in [0.25, 0.3) is 0 Å². The summed E-state index contributed by atoms with van der Waals surface area (Å²) < 4.78 is 5.80. The summed E-state index contributed by atoms with van der Waals surface area (Å²) in [6.45, 7) is 9.70. The fourth-order valence-corrected chi connectivity index (χ4v) is 2.28. The van der Waals surface area contributed by atoms with Gasteiger partial charge in [-0.25, -0.2) is 4.98 Å². The second-order valence-corrected chi connectivity index (χ2v) is 5.87. The molecule has 0 saturated carbocycles. The lowest BCUT2D eigenvalue weighted by molar-refractivity contribution is 0.305. The molecule has 0 fully saturated rings. The van der Waals surface area contributed by atoms with Crippen molar-refractivity contribution in [2.75, 3.05) is 7.05 Å². The molecule has 4 nitrogen and oxygen atoms in total. The molecule has 0 aliphatic rings. The highest BCUT2D eigenvalue weighted by molar-refractivity contribution is 5.79. The molecule has 2 rings (SSSR count). The van der Waals surface area contributed by atoms with Crippen LogP contribution in [0.3, 0.4) is 0 Å². The van der Waals surface area contributed by atoms with E-state index in [1.165, 1.54) is 11.1 Å². The van der Waals surface area contributed by atoms with Gasteiger partial charge in [0.15, 0.2) is 0 Å². The van der Waals surface area contributed by atoms with Crippen molar-refractivity contribution in [1.82, 2.24) is 4.98 Å². The number of allylic oxidation sites excluding steroid dienone is 6. The molecule has 4 heteroatoms. The van der Waals surface area contributed by atoms with Gasteiger partial charge in [-0.15, -0.1) is 0 Å². The molecule has 1 heterocycles. The largest absolute Gasteiger partial charge is 0.489 e. The van der Waals surface area contributed by atoms with Crippen LogP contribution in [-0.2, 0) is 6.61 Å². The van der Waals surface area contributed by atoms with Gasteiger partial charge in [-0.1, -0.05) is 42.5 Å². The fourth-order valence-electron chi connectivity index (χ4n) is 2.28. The van der Waals surface area contributed by atoms with Crippen molar-refractivity contribution in [3.8, 4) is 11.8 Å². The molecule has 0 radical (unpaired) electrons. The topological polar surface area (TPSA) is 58.3 Å². The highest BCUT2D eigenvalue weighted by Crippen LogP contribution is 2.25. The third-order valence-corrected chi connectivity index (χ3v) is 3.82. The van der Waals surface area contributed by atoms with Gasteiger partial charge in [0, 0.05) is 18.8 Å². The van der Waals surface area contributed by atoms with Gasteiger partial charge < -0.3 is 9.73 Å². The Kier molecular flexibility index (Phi) is 10.4. The molecule has 0 atom stereocenters. The molecular weight excluding hydrogens is 346 g/mol. The second kappa shape index (κ2) is 12.8. The van der Waals surface area contributed by atoms with Crippen molar-refractivity contribution < 1.29 is 4.74 Å². The van der Waals surface area contributed by atoms with Crippen molar-refractivity contribution in [2.24, 2.45) is 4.99 Å². The van der Waals surface area contributed by atoms with Gasteiger partial charge in [-0.3, -0.25) is 0 Å². The molecule has 0 aliphatic carbocycles. The minimum Gasteiger partial charge on any atom is -0.489 e. The van der Waals surface area contributed by atoms with Gasteiger partial charge in [0.1, 0.15) is 24.1 Å². The summed E-state index contributed by atoms with van der Waals surface area (Å²) in [6, 6.07) is 13.6. The number of hydrogen-bond donors (Lipinski definition) is 0. The average molecular weight is 374 g/mol. The zero-order chi connectivity index (χ0) is 20.8. The van der Waals surface area contributed by atoms with Crippen LogP contribution in [0.15, 0.2) is 77.5 Å². The molecule has 144 valence electrons. The first-order valence-electron chi connectivity index (χ1n) is 8.98. The van der Waals surface area contributed by atoms with E-state index in [-0.39, 0.29) is 0 Å². The lowest BCUT2D eigenvalue weighted by atomic mass is 9.98. The Morgan fingerprint density at radius 1 is 1.21 bits per heavy atom. The normalized spacial score (nSPS) is 11.4. The third-order valence-electron chi connectivity index (χ3n) is 3.82. The number of pyridine rings is 1. The first kappa shape index (κ1) is 22.6. The highest BCUT2D eigenvalue weighted by atomic mass is 16.5. The molecule has 28 heavy (non-hydrogen) atoms. The minimum absolute atomic E-state index is 0.410. The van der Waals surface area contributed by atoms with Gasteiger partial charge >= 0.3 is 0 Å². The molecule has 2 aromatic rings. The Morgan fingerprint density at radius 3 is 2.39 bits per heavy atom. The van der Waals surface area contributed by atoms with Crippen molar-refractivity contribution in [2.45, 2.75) is 27.4 Å². The second-order valence-electron chi connectivity index (χ2n) is 5.87. The number of aliphatic imine (C=N–C) groups is 1. The van der Waals surface area contributed by atoms with Crippen LogP contribution in [0.5, 0.6) is 5.75 Å². The Balaban J connectivity index is 0.00000122. The predicted molar refractivity (Wildman–Crippen MR) is 117 cm³/mol. The van der Waals surface area contributed by atoms with E-state index in [1.54, 1.807) is 19.3 Å². The number of nitriles is 1. The van der Waals surface area contributed by atoms with Crippen molar-refractivity contribution in [1.29, 1.82) is 5.26 Å². The van der Waals surface area contributed by atoms with Crippen LogP contribution < -0.4 is 4.74 Å². The molecule has 0 spiro atoms. The lowest BCUT2D eigenvalue weighted by Gasteiger charge is -2.10. The Morgan fingerprint density at radius 2 is 1.89 bits per heavy atom. The van der Waals surface area contributed by atoms with E-state index in [9.17, 15) is 0 Å². The molecule has 0 unspecified atom stereocenters. The summed E-state index contributed by atoms with van der Waals surface area (Å²) in [5, 5.41) is 8.76. The standard InChI is InChI=1S/C22H22N2O.C2H5N/c1-4-6-7-22(17(3)5-2)19-9-12-21(13-10-19)25-16-18-8-11-20(14-23)24-15-18;1-3-2/h4-13,15H,16H2,1-3H3;1H2,2H3/b6-4-,17-5+,22-7+;. The molecule has 0 amide bonds. The van der Waals surface area contributed by atoms with Crippen LogP contribution in [0.25, 0.3) is 5.57 Å². The molecule has 0 aliphatic heterocycles. The summed E-state index contributed by atoms with van der Waals surface area (Å²) in [6.07, 6.45) is 9.96. The van der Waals surface area contributed by atoms with E-state index in [0.717, 1.165) is 16.9 Å². The number of aromatic nitrogens is 1. The maximum Gasteiger partial charge on any atom is 0.140 e. The number of nitrogens with zero attached hydrogens (tertiary/aromatic N) is 3. The van der Waals surface area contributed by atoms with Crippen LogP contribution in [0.1, 0.15) is 37.6 Å². The number of benzene rings is 1. The van der Waals surface area contributed by atoms with Crippen molar-refractivity contribution >= 4 is 12.3 Å². The first-order valence-corrected chi connectivity index (χ1v) is 8.98. The van der Waals surface area contributed by atoms with Gasteiger partial charge in [0.05, 0.1) is 0 Å². The van der Waals surface area contributed by atoms with E-state index in [0.29, 0.717) is 12.3 Å². The lowest BCUT2D eigenvalue weighted by Crippen LogP contribution is -1.97. The van der Waals surface area contributed by atoms with Crippen LogP contribution in [-0.4, -0.2) is 18.7 Å². The SMILES string of the molecule is C=NC.C\C=C/C=C(\C(C)=C\C)c1ccc(OCc2ccc(C#N)nc2)cc1. The molecule has 0 saturated heterocycles. The predicted octanol–water partition coefficient (Wildman–Crippen LogP) is 5.77. The van der Waals surface area contributed by atoms with E-state index in [1.807, 2.05) is 50.3 Å². The van der Waals surface area contributed by atoms with Crippen LogP contribution in [0.2, 0.25) is 0 Å². The smallest absolute Gasteiger partial charge is 0.140 e. The van der Waals surface area contributed by atoms with E-state index in [4.69, 9.17) is 10.00 Å². The summed E-state index contributed by atoms with van der Waals surface area (Å²) >= 11 is 0. The molecule has 1 aromatic carbocycles. The number of hydrogen-bond acceptors (Lipinski definition) is 4. The minimum atomic E-state index is 0.410. The average Bonchev–Trinajstić information content (AvgIpc) is 2.74. The quantitative estimate of drug-likeness (QED) is 0.477. The Bertz CT molecular complexity index is 868. The summed E-state index contributed by atoms with van der Waals surface area (Å²) in [5.41, 5.74) is 4.93. The van der Waals surface area contributed by atoms with E-state index < -0.39 is 0 Å². The monoisotopic (exact) mass is 373 g/mol. The van der Waals surface area contributed by atoms with Crippen LogP contribution in [0, 0.1) is 11.3 Å². The van der Waals surface area contributed by atoms with Gasteiger partial charge in [-0.05, 0) is 62.4 Å². The van der Waals surface area contributed by atoms with Crippen molar-refractivity contribution in [3.05, 3.63) is 89.3 Å². The molecular formula is C24H27N3O. The maximum absolute atomic E-state index is 8.76. The zero-order valence-electron chi connectivity index (χ0n) is 17.0. The van der Waals surface area contributed by atoms with E-state index in [2.05, 4.69) is 47.9 Å². The summed E-state index contributed by atoms with van der Waals surface area (Å²) in [5.74, 6) is 0.802. The summed E-state index contributed by atoms with van der Waals surface area (Å²) in [4.78, 5) is 7.29. The fraction of sp³-hybridized carbons (Fsp3) is 0.208. The Labute approximate surface area is 168 Å². The molecule has 1 aromatic heterocycles. The van der Waals surface area contributed by atoms with Crippen molar-refractivity contribution in [3.63, 3.8) is 0 Å². The first-order chi connectivity index (χ1) is 13.6. The third kappa shape index (κ3) is 7.43. The molecule has 0 N–H and O–H groups in total. The van der Waals surface area contributed by atoms with Crippen LogP contribution in [0.4, 0.5) is 0 Å². The van der Waals surface area contributed by atoms with E-state index >= 15 is 0 Å². The molecule has 0 bridgehead atoms. The summed E-state index contributed by atoms with van der Waals surface area (Å²) in [7, 11) is 1.64. The van der Waals surface area contributed by atoms with Crippen LogP contribution >= 0.6 is 0 Å². The number of ether oxygens (including phenoxy) is 1.